The third-order valence-corrected chi connectivity index (χ3v) is 2.67. The highest BCUT2D eigenvalue weighted by molar-refractivity contribution is 6.34. The molecule has 2 aromatic rings. The van der Waals surface area contributed by atoms with Gasteiger partial charge in [0.05, 0.1) is 12.1 Å². The van der Waals surface area contributed by atoms with Crippen molar-refractivity contribution in [1.29, 1.82) is 0 Å². The number of aromatic nitrogens is 1. The molecule has 86 valence electrons. The Hall–Kier alpha value is -1.87. The summed E-state index contributed by atoms with van der Waals surface area (Å²) in [6, 6.07) is 8.50. The minimum absolute atomic E-state index is 0.125. The number of nitrogens with zero attached hydrogens (tertiary/aromatic N) is 1. The van der Waals surface area contributed by atoms with Crippen molar-refractivity contribution in [3.63, 3.8) is 0 Å². The van der Waals surface area contributed by atoms with Crippen LogP contribution in [0.2, 0.25) is 5.02 Å². The molecule has 0 N–H and O–H groups in total. The van der Waals surface area contributed by atoms with Crippen LogP contribution >= 0.6 is 11.6 Å². The lowest BCUT2D eigenvalue weighted by molar-refractivity contribution is 0.103. The molecule has 0 radical (unpaired) electrons. The monoisotopic (exact) mass is 247 g/mol. The van der Waals surface area contributed by atoms with Gasteiger partial charge in [0.15, 0.2) is 5.78 Å². The van der Waals surface area contributed by atoms with E-state index in [1.807, 2.05) is 0 Å². The minimum Gasteiger partial charge on any atom is -0.497 e. The Morgan fingerprint density at radius 2 is 1.94 bits per heavy atom. The summed E-state index contributed by atoms with van der Waals surface area (Å²) in [5.41, 5.74) is 1.02. The van der Waals surface area contributed by atoms with Crippen LogP contribution in [0.15, 0.2) is 42.7 Å². The predicted octanol–water partition coefficient (Wildman–Crippen LogP) is 2.97. The molecule has 0 saturated heterocycles. The largest absolute Gasteiger partial charge is 0.497 e. The van der Waals surface area contributed by atoms with E-state index in [4.69, 9.17) is 16.3 Å². The fourth-order valence-electron chi connectivity index (χ4n) is 1.46. The first-order valence-electron chi connectivity index (χ1n) is 5.00. The molecule has 0 unspecified atom stereocenters. The van der Waals surface area contributed by atoms with E-state index < -0.39 is 0 Å². The highest BCUT2D eigenvalue weighted by Crippen LogP contribution is 2.19. The standard InChI is InChI=1S/C13H10ClNO2/c1-17-10-4-2-9(3-5-10)13(16)11-6-7-15-8-12(11)14/h2-8H,1H3. The first kappa shape index (κ1) is 11.6. The maximum absolute atomic E-state index is 12.1. The van der Waals surface area contributed by atoms with Crippen molar-refractivity contribution < 1.29 is 9.53 Å². The number of ether oxygens (including phenoxy) is 1. The second-order valence-electron chi connectivity index (χ2n) is 3.41. The van der Waals surface area contributed by atoms with Crippen LogP contribution in [0.4, 0.5) is 0 Å². The smallest absolute Gasteiger partial charge is 0.194 e. The zero-order valence-electron chi connectivity index (χ0n) is 9.18. The fourth-order valence-corrected chi connectivity index (χ4v) is 1.66. The average Bonchev–Trinajstić information content (AvgIpc) is 2.39. The normalized spacial score (nSPS) is 10.0. The molecular formula is C13H10ClNO2. The number of pyridine rings is 1. The summed E-state index contributed by atoms with van der Waals surface area (Å²) in [7, 11) is 1.58. The van der Waals surface area contributed by atoms with Gasteiger partial charge in [-0.1, -0.05) is 11.6 Å². The van der Waals surface area contributed by atoms with Crippen LogP contribution in [0.25, 0.3) is 0 Å². The third kappa shape index (κ3) is 2.45. The zero-order chi connectivity index (χ0) is 12.3. The van der Waals surface area contributed by atoms with Crippen molar-refractivity contribution in [2.75, 3.05) is 7.11 Å². The predicted molar refractivity (Wildman–Crippen MR) is 65.7 cm³/mol. The summed E-state index contributed by atoms with van der Waals surface area (Å²) in [6.07, 6.45) is 3.00. The van der Waals surface area contributed by atoms with Crippen LogP contribution < -0.4 is 4.74 Å². The van der Waals surface area contributed by atoms with Crippen LogP contribution in [-0.4, -0.2) is 17.9 Å². The maximum Gasteiger partial charge on any atom is 0.194 e. The van der Waals surface area contributed by atoms with Gasteiger partial charge in [0.25, 0.3) is 0 Å². The molecule has 2 rings (SSSR count). The highest BCUT2D eigenvalue weighted by atomic mass is 35.5. The minimum atomic E-state index is -0.125. The van der Waals surface area contributed by atoms with Crippen molar-refractivity contribution in [3.05, 3.63) is 58.9 Å². The van der Waals surface area contributed by atoms with Gasteiger partial charge >= 0.3 is 0 Å². The van der Waals surface area contributed by atoms with E-state index in [2.05, 4.69) is 4.98 Å². The quantitative estimate of drug-likeness (QED) is 0.783. The Morgan fingerprint density at radius 3 is 2.53 bits per heavy atom. The summed E-state index contributed by atoms with van der Waals surface area (Å²) in [5, 5.41) is 0.355. The first-order valence-corrected chi connectivity index (χ1v) is 5.38. The SMILES string of the molecule is COc1ccc(C(=O)c2ccncc2Cl)cc1. The van der Waals surface area contributed by atoms with Gasteiger partial charge in [0.2, 0.25) is 0 Å². The zero-order valence-corrected chi connectivity index (χ0v) is 9.94. The third-order valence-electron chi connectivity index (χ3n) is 2.37. The molecule has 1 aromatic carbocycles. The molecule has 3 nitrogen and oxygen atoms in total. The molecule has 1 aromatic heterocycles. The molecule has 0 saturated carbocycles. The van der Waals surface area contributed by atoms with Crippen molar-refractivity contribution in [2.24, 2.45) is 0 Å². The van der Waals surface area contributed by atoms with Crippen LogP contribution in [0, 0.1) is 0 Å². The van der Waals surface area contributed by atoms with Crippen LogP contribution in [0.1, 0.15) is 15.9 Å². The Labute approximate surface area is 104 Å². The van der Waals surface area contributed by atoms with E-state index in [1.54, 1.807) is 43.6 Å². The van der Waals surface area contributed by atoms with Gasteiger partial charge in [0.1, 0.15) is 5.75 Å². The molecule has 4 heteroatoms. The van der Waals surface area contributed by atoms with E-state index in [-0.39, 0.29) is 5.78 Å². The molecule has 0 aliphatic heterocycles. The Bertz CT molecular complexity index is 537. The van der Waals surface area contributed by atoms with Crippen LogP contribution in [-0.2, 0) is 0 Å². The lowest BCUT2D eigenvalue weighted by atomic mass is 10.0. The molecule has 0 amide bonds. The Kier molecular flexibility index (Phi) is 3.40. The highest BCUT2D eigenvalue weighted by Gasteiger charge is 2.12. The number of ketones is 1. The molecule has 0 bridgehead atoms. The van der Waals surface area contributed by atoms with Gasteiger partial charge in [-0.15, -0.1) is 0 Å². The van der Waals surface area contributed by atoms with E-state index in [1.165, 1.54) is 6.20 Å². The van der Waals surface area contributed by atoms with Gasteiger partial charge in [-0.3, -0.25) is 9.78 Å². The van der Waals surface area contributed by atoms with E-state index >= 15 is 0 Å². The van der Waals surface area contributed by atoms with Gasteiger partial charge in [0, 0.05) is 23.5 Å². The Balaban J connectivity index is 2.34. The van der Waals surface area contributed by atoms with Gasteiger partial charge in [-0.25, -0.2) is 0 Å². The molecule has 0 aliphatic carbocycles. The van der Waals surface area contributed by atoms with Crippen molar-refractivity contribution in [3.8, 4) is 5.75 Å². The van der Waals surface area contributed by atoms with Gasteiger partial charge in [-0.05, 0) is 30.3 Å². The Morgan fingerprint density at radius 1 is 1.24 bits per heavy atom. The first-order chi connectivity index (χ1) is 8.22. The molecule has 0 spiro atoms. The van der Waals surface area contributed by atoms with Gasteiger partial charge < -0.3 is 4.74 Å². The van der Waals surface area contributed by atoms with Crippen molar-refractivity contribution >= 4 is 17.4 Å². The van der Waals surface area contributed by atoms with Crippen LogP contribution in [0.5, 0.6) is 5.75 Å². The number of rotatable bonds is 3. The molecule has 0 aliphatic rings. The number of carbonyl (C=O) groups is 1. The number of halogens is 1. The second-order valence-corrected chi connectivity index (χ2v) is 3.82. The maximum atomic E-state index is 12.1. The van der Waals surface area contributed by atoms with Crippen LogP contribution in [0.3, 0.4) is 0 Å². The van der Waals surface area contributed by atoms with Gasteiger partial charge in [-0.2, -0.15) is 0 Å². The summed E-state index contributed by atoms with van der Waals surface area (Å²) >= 11 is 5.92. The number of carbonyl (C=O) groups excluding carboxylic acids is 1. The molecule has 0 fully saturated rings. The van der Waals surface area contributed by atoms with E-state index in [0.717, 1.165) is 0 Å². The summed E-state index contributed by atoms with van der Waals surface area (Å²) in [6.45, 7) is 0. The lowest BCUT2D eigenvalue weighted by Gasteiger charge is -2.04. The average molecular weight is 248 g/mol. The topological polar surface area (TPSA) is 39.2 Å². The number of hydrogen-bond donors (Lipinski definition) is 0. The molecular weight excluding hydrogens is 238 g/mol. The number of hydrogen-bond acceptors (Lipinski definition) is 3. The molecule has 1 heterocycles. The lowest BCUT2D eigenvalue weighted by Crippen LogP contribution is -2.02. The summed E-state index contributed by atoms with van der Waals surface area (Å²) in [4.78, 5) is 16.0. The number of methoxy groups -OCH3 is 1. The summed E-state index contributed by atoms with van der Waals surface area (Å²) in [5.74, 6) is 0.586. The summed E-state index contributed by atoms with van der Waals surface area (Å²) < 4.78 is 5.03. The molecule has 17 heavy (non-hydrogen) atoms. The fraction of sp³-hybridized carbons (Fsp3) is 0.0769. The second kappa shape index (κ2) is 4.97. The van der Waals surface area contributed by atoms with E-state index in [9.17, 15) is 4.79 Å². The van der Waals surface area contributed by atoms with Crippen molar-refractivity contribution in [1.82, 2.24) is 4.98 Å². The van der Waals surface area contributed by atoms with E-state index in [0.29, 0.717) is 21.9 Å². The number of benzene rings is 1. The molecule has 0 atom stereocenters. The van der Waals surface area contributed by atoms with Crippen molar-refractivity contribution in [2.45, 2.75) is 0 Å².